The number of hydrogen-bond acceptors (Lipinski definition) is 4. The first-order valence-corrected chi connectivity index (χ1v) is 4.91. The van der Waals surface area contributed by atoms with E-state index in [1.807, 2.05) is 22.3 Å². The average molecular weight is 182 g/mol. The van der Waals surface area contributed by atoms with Gasteiger partial charge in [-0.15, -0.1) is 22.7 Å². The van der Waals surface area contributed by atoms with Gasteiger partial charge in [0.05, 0.1) is 21.8 Å². The second kappa shape index (κ2) is 2.64. The molecule has 0 unspecified atom stereocenters. The molecule has 0 saturated carbocycles. The van der Waals surface area contributed by atoms with E-state index in [-0.39, 0.29) is 0 Å². The molecule has 0 fully saturated rings. The van der Waals surface area contributed by atoms with Crippen LogP contribution in [0.15, 0.2) is 22.3 Å². The van der Waals surface area contributed by atoms with Gasteiger partial charge in [0.2, 0.25) is 0 Å². The summed E-state index contributed by atoms with van der Waals surface area (Å²) in [6.07, 6.45) is 0. The second-order valence-corrected chi connectivity index (χ2v) is 3.71. The van der Waals surface area contributed by atoms with Crippen LogP contribution >= 0.6 is 22.7 Å². The van der Waals surface area contributed by atoms with Crippen LogP contribution in [0.2, 0.25) is 0 Å². The summed E-state index contributed by atoms with van der Waals surface area (Å²) in [4.78, 5) is 5.24. The van der Waals surface area contributed by atoms with Gasteiger partial charge in [0.1, 0.15) is 0 Å². The number of thiazole rings is 1. The molecule has 0 aromatic carbocycles. The van der Waals surface area contributed by atoms with E-state index < -0.39 is 0 Å². The molecule has 0 aliphatic rings. The Morgan fingerprint density at radius 2 is 2.36 bits per heavy atom. The molecule has 2 aromatic heterocycles. The number of aromatic nitrogens is 1. The van der Waals surface area contributed by atoms with Crippen molar-refractivity contribution < 1.29 is 0 Å². The lowest BCUT2D eigenvalue weighted by Crippen LogP contribution is -1.82. The third kappa shape index (κ3) is 1.15. The van der Waals surface area contributed by atoms with Gasteiger partial charge in [-0.25, -0.2) is 4.98 Å². The molecule has 2 N–H and O–H groups in total. The predicted octanol–water partition coefficient (Wildman–Crippen LogP) is 2.45. The van der Waals surface area contributed by atoms with Gasteiger partial charge in [0.25, 0.3) is 0 Å². The molecule has 11 heavy (non-hydrogen) atoms. The maximum atomic E-state index is 5.71. The zero-order valence-corrected chi connectivity index (χ0v) is 7.28. The van der Waals surface area contributed by atoms with Gasteiger partial charge < -0.3 is 5.73 Å². The standard InChI is InChI=1S/C7H6N2S2/c8-5-1-2-11-7(5)6-3-10-4-9-6/h1-4H,8H2. The maximum absolute atomic E-state index is 5.71. The molecule has 56 valence electrons. The molecule has 2 nitrogen and oxygen atoms in total. The highest BCUT2D eigenvalue weighted by Gasteiger charge is 2.04. The van der Waals surface area contributed by atoms with E-state index in [0.717, 1.165) is 16.3 Å². The quantitative estimate of drug-likeness (QED) is 0.735. The fourth-order valence-corrected chi connectivity index (χ4v) is 2.26. The predicted molar refractivity (Wildman–Crippen MR) is 49.8 cm³/mol. The van der Waals surface area contributed by atoms with Crippen LogP contribution in [0.1, 0.15) is 0 Å². The number of rotatable bonds is 1. The molecule has 4 heteroatoms. The molecule has 0 spiro atoms. The number of thiophene rings is 1. The SMILES string of the molecule is Nc1ccsc1-c1cscn1. The van der Waals surface area contributed by atoms with Crippen molar-refractivity contribution in [1.29, 1.82) is 0 Å². The summed E-state index contributed by atoms with van der Waals surface area (Å²) in [7, 11) is 0. The van der Waals surface area contributed by atoms with Gasteiger partial charge in [-0.2, -0.15) is 0 Å². The number of nitrogens with two attached hydrogens (primary N) is 1. The third-order valence-corrected chi connectivity index (χ3v) is 2.90. The number of anilines is 1. The summed E-state index contributed by atoms with van der Waals surface area (Å²) in [5, 5.41) is 3.98. The van der Waals surface area contributed by atoms with Crippen LogP contribution in [0.25, 0.3) is 10.6 Å². The van der Waals surface area contributed by atoms with Crippen LogP contribution in [0.3, 0.4) is 0 Å². The van der Waals surface area contributed by atoms with Gasteiger partial charge in [-0.3, -0.25) is 0 Å². The fourth-order valence-electron chi connectivity index (χ4n) is 0.852. The molecular weight excluding hydrogens is 176 g/mol. The Hall–Kier alpha value is -0.870. The highest BCUT2D eigenvalue weighted by Crippen LogP contribution is 2.30. The van der Waals surface area contributed by atoms with Crippen LogP contribution in [0, 0.1) is 0 Å². The Balaban J connectivity index is 2.53. The van der Waals surface area contributed by atoms with Gasteiger partial charge in [0.15, 0.2) is 0 Å². The van der Waals surface area contributed by atoms with Crippen molar-refractivity contribution in [2.75, 3.05) is 5.73 Å². The van der Waals surface area contributed by atoms with E-state index in [1.165, 1.54) is 0 Å². The topological polar surface area (TPSA) is 38.9 Å². The molecule has 2 heterocycles. The van der Waals surface area contributed by atoms with Crippen LogP contribution in [0.4, 0.5) is 5.69 Å². The molecule has 0 saturated heterocycles. The van der Waals surface area contributed by atoms with Gasteiger partial charge in [-0.05, 0) is 11.4 Å². The summed E-state index contributed by atoms with van der Waals surface area (Å²) in [5.74, 6) is 0. The highest BCUT2D eigenvalue weighted by molar-refractivity contribution is 7.14. The average Bonchev–Trinajstić information content (AvgIpc) is 2.55. The minimum Gasteiger partial charge on any atom is -0.397 e. The van der Waals surface area contributed by atoms with E-state index in [4.69, 9.17) is 5.73 Å². The van der Waals surface area contributed by atoms with Crippen molar-refractivity contribution in [3.8, 4) is 10.6 Å². The third-order valence-electron chi connectivity index (χ3n) is 1.36. The lowest BCUT2D eigenvalue weighted by Gasteiger charge is -1.90. The molecule has 0 bridgehead atoms. The molecule has 0 aliphatic heterocycles. The monoisotopic (exact) mass is 182 g/mol. The first kappa shape index (κ1) is 6.82. The lowest BCUT2D eigenvalue weighted by molar-refractivity contribution is 1.43. The van der Waals surface area contributed by atoms with Crippen LogP contribution < -0.4 is 5.73 Å². The van der Waals surface area contributed by atoms with Crippen molar-refractivity contribution in [3.63, 3.8) is 0 Å². The lowest BCUT2D eigenvalue weighted by atomic mass is 10.3. The largest absolute Gasteiger partial charge is 0.397 e. The van der Waals surface area contributed by atoms with Gasteiger partial charge in [0, 0.05) is 5.38 Å². The van der Waals surface area contributed by atoms with E-state index in [1.54, 1.807) is 22.7 Å². The summed E-state index contributed by atoms with van der Waals surface area (Å²) < 4.78 is 0. The normalized spacial score (nSPS) is 10.2. The van der Waals surface area contributed by atoms with Crippen LogP contribution in [-0.4, -0.2) is 4.98 Å². The highest BCUT2D eigenvalue weighted by atomic mass is 32.1. The molecule has 2 aromatic rings. The smallest absolute Gasteiger partial charge is 0.0931 e. The van der Waals surface area contributed by atoms with Crippen molar-refractivity contribution in [3.05, 3.63) is 22.3 Å². The zero-order chi connectivity index (χ0) is 7.68. The van der Waals surface area contributed by atoms with E-state index >= 15 is 0 Å². The first-order chi connectivity index (χ1) is 5.38. The maximum Gasteiger partial charge on any atom is 0.0931 e. The van der Waals surface area contributed by atoms with Crippen molar-refractivity contribution in [1.82, 2.24) is 4.98 Å². The van der Waals surface area contributed by atoms with Crippen LogP contribution in [-0.2, 0) is 0 Å². The van der Waals surface area contributed by atoms with Crippen molar-refractivity contribution >= 4 is 28.4 Å². The zero-order valence-electron chi connectivity index (χ0n) is 5.65. The first-order valence-electron chi connectivity index (χ1n) is 3.09. The molecular formula is C7H6N2S2. The second-order valence-electron chi connectivity index (χ2n) is 2.08. The van der Waals surface area contributed by atoms with Crippen LogP contribution in [0.5, 0.6) is 0 Å². The number of nitrogens with zero attached hydrogens (tertiary/aromatic N) is 1. The van der Waals surface area contributed by atoms with Gasteiger partial charge >= 0.3 is 0 Å². The molecule has 2 rings (SSSR count). The number of nitrogen functional groups attached to an aromatic ring is 1. The minimum absolute atomic E-state index is 0.820. The van der Waals surface area contributed by atoms with Gasteiger partial charge in [-0.1, -0.05) is 0 Å². The summed E-state index contributed by atoms with van der Waals surface area (Å²) in [6.45, 7) is 0. The molecule has 0 amide bonds. The van der Waals surface area contributed by atoms with E-state index in [2.05, 4.69) is 4.98 Å². The van der Waals surface area contributed by atoms with E-state index in [0.29, 0.717) is 0 Å². The Morgan fingerprint density at radius 3 is 2.91 bits per heavy atom. The fraction of sp³-hybridized carbons (Fsp3) is 0. The Kier molecular flexibility index (Phi) is 1.63. The molecule has 0 radical (unpaired) electrons. The summed E-state index contributed by atoms with van der Waals surface area (Å²) in [6, 6.07) is 1.90. The van der Waals surface area contributed by atoms with E-state index in [9.17, 15) is 0 Å². The molecule has 0 atom stereocenters. The minimum atomic E-state index is 0.820. The Labute approximate surface area is 72.3 Å². The molecule has 0 aliphatic carbocycles. The van der Waals surface area contributed by atoms with Crippen molar-refractivity contribution in [2.24, 2.45) is 0 Å². The Bertz CT molecular complexity index is 337. The summed E-state index contributed by atoms with van der Waals surface area (Å²) >= 11 is 3.21. The Morgan fingerprint density at radius 1 is 1.45 bits per heavy atom. The summed E-state index contributed by atoms with van der Waals surface area (Å²) in [5.41, 5.74) is 9.33. The number of hydrogen-bond donors (Lipinski definition) is 1. The van der Waals surface area contributed by atoms with Crippen molar-refractivity contribution in [2.45, 2.75) is 0 Å².